The fourth-order valence-corrected chi connectivity index (χ4v) is 1.77. The predicted molar refractivity (Wildman–Crippen MR) is 51.3 cm³/mol. The van der Waals surface area contributed by atoms with Crippen LogP contribution in [0.25, 0.3) is 0 Å². The van der Waals surface area contributed by atoms with Crippen molar-refractivity contribution in [3.8, 4) is 0 Å². The van der Waals surface area contributed by atoms with E-state index in [1.807, 2.05) is 24.4 Å². The molecule has 12 heavy (non-hydrogen) atoms. The highest BCUT2D eigenvalue weighted by molar-refractivity contribution is 7.10. The first-order valence-corrected chi connectivity index (χ1v) is 4.86. The van der Waals surface area contributed by atoms with Crippen molar-refractivity contribution in [2.75, 3.05) is 0 Å². The summed E-state index contributed by atoms with van der Waals surface area (Å²) >= 11 is 1.62. The van der Waals surface area contributed by atoms with Gasteiger partial charge in [0, 0.05) is 23.8 Å². The highest BCUT2D eigenvalue weighted by Gasteiger charge is 2.06. The van der Waals surface area contributed by atoms with Crippen LogP contribution in [0.2, 0.25) is 0 Å². The monoisotopic (exact) mass is 183 g/mol. The normalized spacial score (nSPS) is 12.8. The van der Waals surface area contributed by atoms with Gasteiger partial charge < -0.3 is 5.73 Å². The average Bonchev–Trinajstić information content (AvgIpc) is 2.37. The molecule has 0 saturated carbocycles. The maximum Gasteiger partial charge on any atom is 0.139 e. The summed E-state index contributed by atoms with van der Waals surface area (Å²) in [5.74, 6) is 0.229. The Hall–Kier alpha value is -0.670. The van der Waals surface area contributed by atoms with Crippen LogP contribution < -0.4 is 5.73 Å². The molecule has 3 heteroatoms. The van der Waals surface area contributed by atoms with Gasteiger partial charge in [-0.1, -0.05) is 6.07 Å². The average molecular weight is 183 g/mol. The van der Waals surface area contributed by atoms with Gasteiger partial charge in [-0.25, -0.2) is 0 Å². The summed E-state index contributed by atoms with van der Waals surface area (Å²) < 4.78 is 0. The molecule has 0 aliphatic carbocycles. The van der Waals surface area contributed by atoms with E-state index in [9.17, 15) is 4.79 Å². The van der Waals surface area contributed by atoms with Gasteiger partial charge in [0.2, 0.25) is 0 Å². The van der Waals surface area contributed by atoms with Crippen LogP contribution in [0.4, 0.5) is 0 Å². The first kappa shape index (κ1) is 9.42. The Labute approximate surface area is 76.4 Å². The number of ketones is 1. The maximum atomic E-state index is 11.2. The van der Waals surface area contributed by atoms with Crippen molar-refractivity contribution in [3.63, 3.8) is 0 Å². The topological polar surface area (TPSA) is 43.1 Å². The molecule has 1 heterocycles. The molecular formula is C9H13NOS. The summed E-state index contributed by atoms with van der Waals surface area (Å²) in [5.41, 5.74) is 5.50. The van der Waals surface area contributed by atoms with Crippen molar-refractivity contribution in [1.29, 1.82) is 0 Å². The lowest BCUT2D eigenvalue weighted by Crippen LogP contribution is -2.20. The number of nitrogens with two attached hydrogens (primary N) is 1. The lowest BCUT2D eigenvalue weighted by atomic mass is 10.1. The van der Waals surface area contributed by atoms with E-state index in [0.29, 0.717) is 12.8 Å². The number of hydrogen-bond acceptors (Lipinski definition) is 3. The van der Waals surface area contributed by atoms with Gasteiger partial charge in [-0.05, 0) is 18.4 Å². The Morgan fingerprint density at radius 3 is 3.00 bits per heavy atom. The molecule has 1 atom stereocenters. The number of carbonyl (C=O) groups is 1. The molecular weight excluding hydrogens is 170 g/mol. The number of hydrogen-bond donors (Lipinski definition) is 1. The molecule has 0 bridgehead atoms. The van der Waals surface area contributed by atoms with Crippen LogP contribution in [0, 0.1) is 0 Å². The quantitative estimate of drug-likeness (QED) is 0.770. The molecule has 0 aliphatic rings. The summed E-state index contributed by atoms with van der Waals surface area (Å²) in [6, 6.07) is 3.92. The minimum absolute atomic E-state index is 0.0162. The predicted octanol–water partition coefficient (Wildman–Crippen LogP) is 1.60. The molecule has 0 aliphatic heterocycles. The van der Waals surface area contributed by atoms with Crippen LogP contribution >= 0.6 is 11.3 Å². The van der Waals surface area contributed by atoms with E-state index in [1.54, 1.807) is 11.3 Å². The van der Waals surface area contributed by atoms with E-state index in [2.05, 4.69) is 0 Å². The van der Waals surface area contributed by atoms with Crippen LogP contribution in [0.1, 0.15) is 18.2 Å². The Balaban J connectivity index is 2.37. The third-order valence-electron chi connectivity index (χ3n) is 1.50. The summed E-state index contributed by atoms with van der Waals surface area (Å²) in [4.78, 5) is 12.4. The Bertz CT molecular complexity index is 241. The van der Waals surface area contributed by atoms with Gasteiger partial charge in [0.25, 0.3) is 0 Å². The van der Waals surface area contributed by atoms with E-state index in [4.69, 9.17) is 5.73 Å². The van der Waals surface area contributed by atoms with Crippen molar-refractivity contribution in [3.05, 3.63) is 22.4 Å². The van der Waals surface area contributed by atoms with Gasteiger partial charge in [0.15, 0.2) is 0 Å². The SMILES string of the molecule is CC(N)CC(=O)Cc1cccs1. The molecule has 0 aromatic carbocycles. The third-order valence-corrected chi connectivity index (χ3v) is 2.38. The molecule has 1 rings (SSSR count). The Morgan fingerprint density at radius 2 is 2.50 bits per heavy atom. The summed E-state index contributed by atoms with van der Waals surface area (Å²) in [6.45, 7) is 1.85. The van der Waals surface area contributed by atoms with E-state index in [0.717, 1.165) is 4.88 Å². The number of carbonyl (C=O) groups excluding carboxylic acids is 1. The molecule has 1 aromatic heterocycles. The molecule has 2 nitrogen and oxygen atoms in total. The van der Waals surface area contributed by atoms with Gasteiger partial charge in [-0.3, -0.25) is 4.79 Å². The minimum atomic E-state index is -0.0162. The van der Waals surface area contributed by atoms with Crippen LogP contribution in [0.3, 0.4) is 0 Å². The molecule has 66 valence electrons. The second-order valence-electron chi connectivity index (χ2n) is 2.98. The van der Waals surface area contributed by atoms with Crippen molar-refractivity contribution in [1.82, 2.24) is 0 Å². The number of Topliss-reactive ketones (excluding diaryl/α,β-unsaturated/α-hetero) is 1. The first-order valence-electron chi connectivity index (χ1n) is 3.98. The smallest absolute Gasteiger partial charge is 0.139 e. The minimum Gasteiger partial charge on any atom is -0.328 e. The number of rotatable bonds is 4. The summed E-state index contributed by atoms with van der Waals surface area (Å²) in [7, 11) is 0. The summed E-state index contributed by atoms with van der Waals surface area (Å²) in [5, 5.41) is 1.98. The molecule has 0 fully saturated rings. The highest BCUT2D eigenvalue weighted by atomic mass is 32.1. The van der Waals surface area contributed by atoms with E-state index >= 15 is 0 Å². The Kier molecular flexibility index (Phi) is 3.44. The number of thiophene rings is 1. The van der Waals surface area contributed by atoms with Crippen molar-refractivity contribution in [2.24, 2.45) is 5.73 Å². The lowest BCUT2D eigenvalue weighted by molar-refractivity contribution is -0.118. The van der Waals surface area contributed by atoms with E-state index in [-0.39, 0.29) is 11.8 Å². The van der Waals surface area contributed by atoms with Crippen molar-refractivity contribution < 1.29 is 4.79 Å². The van der Waals surface area contributed by atoms with Gasteiger partial charge in [0.1, 0.15) is 5.78 Å². The molecule has 0 radical (unpaired) electrons. The summed E-state index contributed by atoms with van der Waals surface area (Å²) in [6.07, 6.45) is 1.02. The zero-order chi connectivity index (χ0) is 8.97. The highest BCUT2D eigenvalue weighted by Crippen LogP contribution is 2.10. The molecule has 1 aromatic rings. The largest absolute Gasteiger partial charge is 0.328 e. The molecule has 2 N–H and O–H groups in total. The van der Waals surface area contributed by atoms with Crippen LogP contribution in [0.5, 0.6) is 0 Å². The third kappa shape index (κ3) is 3.15. The van der Waals surface area contributed by atoms with Crippen molar-refractivity contribution in [2.45, 2.75) is 25.8 Å². The van der Waals surface area contributed by atoms with Gasteiger partial charge in [-0.2, -0.15) is 0 Å². The fraction of sp³-hybridized carbons (Fsp3) is 0.444. The lowest BCUT2D eigenvalue weighted by Gasteiger charge is -2.01. The maximum absolute atomic E-state index is 11.2. The first-order chi connectivity index (χ1) is 5.68. The Morgan fingerprint density at radius 1 is 1.75 bits per heavy atom. The molecule has 1 unspecified atom stereocenters. The van der Waals surface area contributed by atoms with Crippen LogP contribution in [-0.2, 0) is 11.2 Å². The standard InChI is InChI=1S/C9H13NOS/c1-7(10)5-8(11)6-9-3-2-4-12-9/h2-4,7H,5-6,10H2,1H3. The van der Waals surface area contributed by atoms with Gasteiger partial charge in [-0.15, -0.1) is 11.3 Å². The van der Waals surface area contributed by atoms with Gasteiger partial charge >= 0.3 is 0 Å². The van der Waals surface area contributed by atoms with Crippen LogP contribution in [-0.4, -0.2) is 11.8 Å². The fourth-order valence-electron chi connectivity index (χ4n) is 1.04. The zero-order valence-corrected chi connectivity index (χ0v) is 7.93. The van der Waals surface area contributed by atoms with Gasteiger partial charge in [0.05, 0.1) is 0 Å². The van der Waals surface area contributed by atoms with E-state index in [1.165, 1.54) is 0 Å². The van der Waals surface area contributed by atoms with Crippen molar-refractivity contribution >= 4 is 17.1 Å². The van der Waals surface area contributed by atoms with E-state index < -0.39 is 0 Å². The second-order valence-corrected chi connectivity index (χ2v) is 4.01. The molecule has 0 saturated heterocycles. The second kappa shape index (κ2) is 4.38. The van der Waals surface area contributed by atoms with Crippen LogP contribution in [0.15, 0.2) is 17.5 Å². The zero-order valence-electron chi connectivity index (χ0n) is 7.12. The molecule has 0 amide bonds. The molecule has 0 spiro atoms.